The Morgan fingerprint density at radius 1 is 1.40 bits per heavy atom. The Balaban J connectivity index is 2.24. The lowest BCUT2D eigenvalue weighted by atomic mass is 9.94. The molecule has 0 aromatic heterocycles. The first kappa shape index (κ1) is 15.0. The van der Waals surface area contributed by atoms with Crippen LogP contribution in [-0.2, 0) is 9.53 Å². The van der Waals surface area contributed by atoms with Gasteiger partial charge in [-0.05, 0) is 17.5 Å². The van der Waals surface area contributed by atoms with Crippen LogP contribution in [0.5, 0.6) is 0 Å². The Kier molecular flexibility index (Phi) is 4.78. The van der Waals surface area contributed by atoms with Gasteiger partial charge in [-0.25, -0.2) is 0 Å². The summed E-state index contributed by atoms with van der Waals surface area (Å²) in [7, 11) is 3.55. The minimum atomic E-state index is 0.0671. The highest BCUT2D eigenvalue weighted by Crippen LogP contribution is 2.33. The summed E-state index contributed by atoms with van der Waals surface area (Å²) < 4.78 is 5.28. The molecule has 0 radical (unpaired) electrons. The van der Waals surface area contributed by atoms with E-state index >= 15 is 0 Å². The molecule has 1 aromatic carbocycles. The number of amides is 1. The van der Waals surface area contributed by atoms with Crippen molar-refractivity contribution in [1.29, 1.82) is 0 Å². The van der Waals surface area contributed by atoms with Crippen molar-refractivity contribution in [2.45, 2.75) is 32.4 Å². The van der Waals surface area contributed by atoms with Crippen LogP contribution in [0.4, 0.5) is 5.69 Å². The average Bonchev–Trinajstić information content (AvgIpc) is 2.43. The fraction of sp³-hybridized carbons (Fsp3) is 0.562. The molecule has 4 nitrogen and oxygen atoms in total. The van der Waals surface area contributed by atoms with E-state index in [1.807, 2.05) is 25.2 Å². The maximum absolute atomic E-state index is 12.1. The third-order valence-corrected chi connectivity index (χ3v) is 3.99. The first-order chi connectivity index (χ1) is 9.54. The predicted molar refractivity (Wildman–Crippen MR) is 80.8 cm³/mol. The smallest absolute Gasteiger partial charge is 0.228 e. The quantitative estimate of drug-likeness (QED) is 0.897. The zero-order chi connectivity index (χ0) is 14.7. The van der Waals surface area contributed by atoms with Crippen molar-refractivity contribution in [3.8, 4) is 0 Å². The lowest BCUT2D eigenvalue weighted by Crippen LogP contribution is -2.44. The van der Waals surface area contributed by atoms with Crippen molar-refractivity contribution in [3.63, 3.8) is 0 Å². The molecule has 0 spiro atoms. The Morgan fingerprint density at radius 2 is 2.10 bits per heavy atom. The number of methoxy groups -OCH3 is 1. The second-order valence-electron chi connectivity index (χ2n) is 5.74. The van der Waals surface area contributed by atoms with Crippen LogP contribution in [-0.4, -0.2) is 32.7 Å². The molecule has 110 valence electrons. The maximum atomic E-state index is 12.1. The van der Waals surface area contributed by atoms with E-state index in [9.17, 15) is 4.79 Å². The van der Waals surface area contributed by atoms with Crippen molar-refractivity contribution < 1.29 is 9.53 Å². The largest absolute Gasteiger partial charge is 0.383 e. The van der Waals surface area contributed by atoms with Gasteiger partial charge in [-0.3, -0.25) is 4.79 Å². The minimum absolute atomic E-state index is 0.0671. The van der Waals surface area contributed by atoms with Crippen LogP contribution in [0.25, 0.3) is 0 Å². The van der Waals surface area contributed by atoms with Gasteiger partial charge in [0.2, 0.25) is 5.91 Å². The van der Waals surface area contributed by atoms with Gasteiger partial charge in [-0.15, -0.1) is 0 Å². The van der Waals surface area contributed by atoms with Gasteiger partial charge in [0.25, 0.3) is 0 Å². The molecule has 1 amide bonds. The average molecular weight is 276 g/mol. The summed E-state index contributed by atoms with van der Waals surface area (Å²) in [6.45, 7) is 4.99. The van der Waals surface area contributed by atoms with Gasteiger partial charge in [-0.2, -0.15) is 0 Å². The van der Waals surface area contributed by atoms with E-state index in [4.69, 9.17) is 4.74 Å². The third kappa shape index (κ3) is 3.02. The van der Waals surface area contributed by atoms with Crippen molar-refractivity contribution >= 4 is 11.6 Å². The molecule has 0 aliphatic carbocycles. The van der Waals surface area contributed by atoms with E-state index in [0.717, 1.165) is 5.69 Å². The van der Waals surface area contributed by atoms with Crippen LogP contribution in [0.1, 0.15) is 31.9 Å². The second kappa shape index (κ2) is 6.37. The Hall–Kier alpha value is -1.39. The summed E-state index contributed by atoms with van der Waals surface area (Å²) in [6, 6.07) is 8.41. The lowest BCUT2D eigenvalue weighted by Gasteiger charge is -2.35. The zero-order valence-corrected chi connectivity index (χ0v) is 12.7. The van der Waals surface area contributed by atoms with E-state index in [1.54, 1.807) is 12.0 Å². The molecule has 2 unspecified atom stereocenters. The number of rotatable bonds is 5. The van der Waals surface area contributed by atoms with E-state index in [1.165, 1.54) is 5.56 Å². The van der Waals surface area contributed by atoms with Gasteiger partial charge in [0.15, 0.2) is 0 Å². The van der Waals surface area contributed by atoms with E-state index in [-0.39, 0.29) is 18.0 Å². The van der Waals surface area contributed by atoms with Gasteiger partial charge >= 0.3 is 0 Å². The monoisotopic (exact) mass is 276 g/mol. The van der Waals surface area contributed by atoms with E-state index < -0.39 is 0 Å². The first-order valence-corrected chi connectivity index (χ1v) is 7.15. The van der Waals surface area contributed by atoms with Crippen LogP contribution < -0.4 is 10.2 Å². The van der Waals surface area contributed by atoms with Gasteiger partial charge in [0.05, 0.1) is 6.61 Å². The topological polar surface area (TPSA) is 41.6 Å². The molecule has 1 N–H and O–H groups in total. The van der Waals surface area contributed by atoms with Crippen LogP contribution in [0.3, 0.4) is 0 Å². The molecule has 1 aromatic rings. The number of para-hydroxylation sites is 1. The number of carbonyl (C=O) groups excluding carboxylic acids is 1. The molecule has 1 aliphatic heterocycles. The van der Waals surface area contributed by atoms with Crippen LogP contribution in [0.15, 0.2) is 24.3 Å². The molecule has 2 rings (SSSR count). The standard InChI is InChI=1S/C16H24N2O2/c1-11(2)14(10-20-4)17-13-9-16(19)18(3)15-8-6-5-7-12(13)15/h5-8,11,13-14,17H,9-10H2,1-4H3. The lowest BCUT2D eigenvalue weighted by molar-refractivity contribution is -0.119. The molecule has 2 atom stereocenters. The second-order valence-corrected chi connectivity index (χ2v) is 5.74. The van der Waals surface area contributed by atoms with Crippen molar-refractivity contribution in [1.82, 2.24) is 5.32 Å². The number of nitrogens with zero attached hydrogens (tertiary/aromatic N) is 1. The zero-order valence-electron chi connectivity index (χ0n) is 12.7. The highest BCUT2D eigenvalue weighted by molar-refractivity contribution is 5.96. The fourth-order valence-corrected chi connectivity index (χ4v) is 2.66. The number of nitrogens with one attached hydrogen (secondary N) is 1. The molecule has 0 fully saturated rings. The molecule has 0 bridgehead atoms. The highest BCUT2D eigenvalue weighted by atomic mass is 16.5. The van der Waals surface area contributed by atoms with Crippen molar-refractivity contribution in [2.24, 2.45) is 5.92 Å². The SMILES string of the molecule is COCC(NC1CC(=O)N(C)c2ccccc21)C(C)C. The van der Waals surface area contributed by atoms with E-state index in [0.29, 0.717) is 18.9 Å². The number of hydrogen-bond donors (Lipinski definition) is 1. The minimum Gasteiger partial charge on any atom is -0.383 e. The van der Waals surface area contributed by atoms with Crippen LogP contribution in [0, 0.1) is 5.92 Å². The third-order valence-electron chi connectivity index (χ3n) is 3.99. The normalized spacial score (nSPS) is 20.1. The molecule has 4 heteroatoms. The molecule has 20 heavy (non-hydrogen) atoms. The molecule has 0 saturated carbocycles. The summed E-state index contributed by atoms with van der Waals surface area (Å²) in [5.41, 5.74) is 2.19. The van der Waals surface area contributed by atoms with Crippen molar-refractivity contribution in [2.75, 3.05) is 25.7 Å². The molecular formula is C16H24N2O2. The maximum Gasteiger partial charge on any atom is 0.228 e. The van der Waals surface area contributed by atoms with Crippen molar-refractivity contribution in [3.05, 3.63) is 29.8 Å². The number of hydrogen-bond acceptors (Lipinski definition) is 3. The highest BCUT2D eigenvalue weighted by Gasteiger charge is 2.30. The predicted octanol–water partition coefficient (Wildman–Crippen LogP) is 2.35. The Morgan fingerprint density at radius 3 is 2.75 bits per heavy atom. The summed E-state index contributed by atoms with van der Waals surface area (Å²) in [4.78, 5) is 13.9. The summed E-state index contributed by atoms with van der Waals surface area (Å²) >= 11 is 0. The number of fused-ring (bicyclic) bond motifs is 1. The number of anilines is 1. The van der Waals surface area contributed by atoms with Gasteiger partial charge in [0, 0.05) is 38.3 Å². The van der Waals surface area contributed by atoms with Crippen LogP contribution >= 0.6 is 0 Å². The first-order valence-electron chi connectivity index (χ1n) is 7.15. The molecule has 1 heterocycles. The summed E-state index contributed by atoms with van der Waals surface area (Å²) in [6.07, 6.45) is 0.500. The summed E-state index contributed by atoms with van der Waals surface area (Å²) in [5.74, 6) is 0.609. The van der Waals surface area contributed by atoms with Crippen LogP contribution in [0.2, 0.25) is 0 Å². The van der Waals surface area contributed by atoms with Gasteiger partial charge in [0.1, 0.15) is 0 Å². The fourth-order valence-electron chi connectivity index (χ4n) is 2.66. The van der Waals surface area contributed by atoms with E-state index in [2.05, 4.69) is 25.2 Å². The molecule has 1 aliphatic rings. The Labute approximate surface area is 121 Å². The molecular weight excluding hydrogens is 252 g/mol. The Bertz CT molecular complexity index is 473. The number of carbonyl (C=O) groups is 1. The van der Waals surface area contributed by atoms with Gasteiger partial charge in [-0.1, -0.05) is 32.0 Å². The molecule has 0 saturated heterocycles. The summed E-state index contributed by atoms with van der Waals surface area (Å²) in [5, 5.41) is 3.59. The van der Waals surface area contributed by atoms with Gasteiger partial charge < -0.3 is 15.0 Å². The number of ether oxygens (including phenoxy) is 1. The number of benzene rings is 1.